The highest BCUT2D eigenvalue weighted by Crippen LogP contribution is 2.34. The molecule has 0 aliphatic carbocycles. The standard InChI is InChI=1S/C18H16FNO2/c1-18(2)20-15(11-16(21)12-6-4-3-5-7-12)14-10-13(19)8-9-17(14)22-18/h3-11,20H,1-2H3/b15-11-. The molecule has 0 saturated carbocycles. The number of hydrogen-bond acceptors (Lipinski definition) is 3. The fourth-order valence-corrected chi connectivity index (χ4v) is 2.42. The van der Waals surface area contributed by atoms with E-state index in [0.717, 1.165) is 0 Å². The van der Waals surface area contributed by atoms with Gasteiger partial charge in [-0.1, -0.05) is 30.3 Å². The van der Waals surface area contributed by atoms with E-state index in [-0.39, 0.29) is 11.6 Å². The minimum atomic E-state index is -0.673. The smallest absolute Gasteiger partial charge is 0.187 e. The van der Waals surface area contributed by atoms with Crippen molar-refractivity contribution in [2.75, 3.05) is 0 Å². The molecule has 1 heterocycles. The van der Waals surface area contributed by atoms with Crippen molar-refractivity contribution in [1.82, 2.24) is 5.32 Å². The summed E-state index contributed by atoms with van der Waals surface area (Å²) in [5.41, 5.74) is 1.01. The average molecular weight is 297 g/mol. The number of rotatable bonds is 2. The topological polar surface area (TPSA) is 38.3 Å². The second kappa shape index (κ2) is 5.30. The van der Waals surface area contributed by atoms with Gasteiger partial charge in [-0.25, -0.2) is 4.39 Å². The van der Waals surface area contributed by atoms with E-state index in [0.29, 0.717) is 22.6 Å². The van der Waals surface area contributed by atoms with Crippen molar-refractivity contribution >= 4 is 11.5 Å². The second-order valence-corrected chi connectivity index (χ2v) is 5.67. The number of hydrogen-bond donors (Lipinski definition) is 1. The highest BCUT2D eigenvalue weighted by molar-refractivity contribution is 6.08. The Labute approximate surface area is 128 Å². The predicted molar refractivity (Wildman–Crippen MR) is 83.0 cm³/mol. The second-order valence-electron chi connectivity index (χ2n) is 5.67. The number of halogens is 1. The van der Waals surface area contributed by atoms with E-state index in [2.05, 4.69) is 5.32 Å². The molecule has 0 bridgehead atoms. The molecule has 1 N–H and O–H groups in total. The molecule has 22 heavy (non-hydrogen) atoms. The maximum atomic E-state index is 13.5. The number of carbonyl (C=O) groups is 1. The van der Waals surface area contributed by atoms with Crippen molar-refractivity contribution in [1.29, 1.82) is 0 Å². The van der Waals surface area contributed by atoms with Crippen LogP contribution in [0.25, 0.3) is 5.70 Å². The SMILES string of the molecule is CC1(C)N/C(=C\C(=O)c2ccccc2)c2cc(F)ccc2O1. The van der Waals surface area contributed by atoms with Crippen molar-refractivity contribution < 1.29 is 13.9 Å². The van der Waals surface area contributed by atoms with Gasteiger partial charge in [-0.15, -0.1) is 0 Å². The lowest BCUT2D eigenvalue weighted by molar-refractivity contribution is 0.0815. The van der Waals surface area contributed by atoms with Crippen LogP contribution in [0.2, 0.25) is 0 Å². The summed E-state index contributed by atoms with van der Waals surface area (Å²) in [4.78, 5) is 12.4. The first kappa shape index (κ1) is 14.3. The van der Waals surface area contributed by atoms with Crippen LogP contribution in [-0.2, 0) is 0 Å². The third kappa shape index (κ3) is 2.86. The van der Waals surface area contributed by atoms with Crippen LogP contribution in [0.15, 0.2) is 54.6 Å². The van der Waals surface area contributed by atoms with E-state index in [1.165, 1.54) is 18.2 Å². The summed E-state index contributed by atoms with van der Waals surface area (Å²) in [6, 6.07) is 13.2. The quantitative estimate of drug-likeness (QED) is 0.677. The van der Waals surface area contributed by atoms with Gasteiger partial charge in [-0.2, -0.15) is 0 Å². The molecular formula is C18H16FNO2. The molecule has 0 unspecified atom stereocenters. The molecule has 0 saturated heterocycles. The van der Waals surface area contributed by atoms with Gasteiger partial charge in [-0.05, 0) is 32.0 Å². The van der Waals surface area contributed by atoms with Crippen molar-refractivity contribution in [2.45, 2.75) is 19.6 Å². The molecule has 112 valence electrons. The van der Waals surface area contributed by atoms with Crippen molar-refractivity contribution in [2.24, 2.45) is 0 Å². The third-order valence-corrected chi connectivity index (χ3v) is 3.37. The summed E-state index contributed by atoms with van der Waals surface area (Å²) in [5, 5.41) is 3.13. The van der Waals surface area contributed by atoms with E-state index in [1.54, 1.807) is 30.3 Å². The maximum Gasteiger partial charge on any atom is 0.187 e. The number of nitrogens with one attached hydrogen (secondary N) is 1. The number of carbonyl (C=O) groups excluding carboxylic acids is 1. The highest BCUT2D eigenvalue weighted by atomic mass is 19.1. The van der Waals surface area contributed by atoms with E-state index in [4.69, 9.17) is 4.74 Å². The van der Waals surface area contributed by atoms with Crippen molar-refractivity contribution in [3.63, 3.8) is 0 Å². The monoisotopic (exact) mass is 297 g/mol. The van der Waals surface area contributed by atoms with Crippen LogP contribution in [0.4, 0.5) is 4.39 Å². The van der Waals surface area contributed by atoms with Crippen LogP contribution < -0.4 is 10.1 Å². The first-order chi connectivity index (χ1) is 10.4. The zero-order valence-corrected chi connectivity index (χ0v) is 12.4. The van der Waals surface area contributed by atoms with Gasteiger partial charge in [0.05, 0.1) is 5.70 Å². The summed E-state index contributed by atoms with van der Waals surface area (Å²) < 4.78 is 19.3. The summed E-state index contributed by atoms with van der Waals surface area (Å²) >= 11 is 0. The Hall–Kier alpha value is -2.62. The van der Waals surface area contributed by atoms with Gasteiger partial charge in [0, 0.05) is 17.2 Å². The lowest BCUT2D eigenvalue weighted by Crippen LogP contribution is -2.46. The molecule has 1 aliphatic heterocycles. The fourth-order valence-electron chi connectivity index (χ4n) is 2.42. The van der Waals surface area contributed by atoms with Crippen molar-refractivity contribution in [3.8, 4) is 5.75 Å². The number of allylic oxidation sites excluding steroid dienone is 1. The lowest BCUT2D eigenvalue weighted by atomic mass is 10.0. The molecule has 0 fully saturated rings. The van der Waals surface area contributed by atoms with Gasteiger partial charge in [0.2, 0.25) is 0 Å². The molecule has 0 amide bonds. The number of ketones is 1. The van der Waals surface area contributed by atoms with Gasteiger partial charge in [0.1, 0.15) is 11.6 Å². The first-order valence-corrected chi connectivity index (χ1v) is 7.03. The minimum Gasteiger partial charge on any atom is -0.468 e. The normalized spacial score (nSPS) is 17.3. The van der Waals surface area contributed by atoms with Gasteiger partial charge in [-0.3, -0.25) is 4.79 Å². The first-order valence-electron chi connectivity index (χ1n) is 7.03. The Balaban J connectivity index is 2.05. The molecule has 0 radical (unpaired) electrons. The molecule has 3 nitrogen and oxygen atoms in total. The molecule has 0 aromatic heterocycles. The van der Waals surface area contributed by atoms with Gasteiger partial charge >= 0.3 is 0 Å². The van der Waals surface area contributed by atoms with E-state index in [9.17, 15) is 9.18 Å². The molecule has 3 rings (SSSR count). The largest absolute Gasteiger partial charge is 0.468 e. The Morgan fingerprint density at radius 2 is 1.91 bits per heavy atom. The van der Waals surface area contributed by atoms with Crippen LogP contribution in [-0.4, -0.2) is 11.5 Å². The van der Waals surface area contributed by atoms with E-state index >= 15 is 0 Å². The van der Waals surface area contributed by atoms with Crippen LogP contribution in [0.3, 0.4) is 0 Å². The van der Waals surface area contributed by atoms with Gasteiger partial charge in [0.25, 0.3) is 0 Å². The fraction of sp³-hybridized carbons (Fsp3) is 0.167. The average Bonchev–Trinajstić information content (AvgIpc) is 2.48. The van der Waals surface area contributed by atoms with Crippen LogP contribution in [0, 0.1) is 5.82 Å². The van der Waals surface area contributed by atoms with Crippen LogP contribution in [0.1, 0.15) is 29.8 Å². The van der Waals surface area contributed by atoms with Gasteiger partial charge < -0.3 is 10.1 Å². The molecule has 1 aliphatic rings. The summed E-state index contributed by atoms with van der Waals surface area (Å²) in [7, 11) is 0. The molecule has 2 aromatic rings. The predicted octanol–water partition coefficient (Wildman–Crippen LogP) is 3.77. The summed E-state index contributed by atoms with van der Waals surface area (Å²) in [6.07, 6.45) is 1.48. The Bertz CT molecular complexity index is 751. The number of benzene rings is 2. The maximum absolute atomic E-state index is 13.5. The van der Waals surface area contributed by atoms with Gasteiger partial charge in [0.15, 0.2) is 11.5 Å². The van der Waals surface area contributed by atoms with Crippen molar-refractivity contribution in [3.05, 3.63) is 71.6 Å². The molecule has 4 heteroatoms. The molecule has 0 spiro atoms. The third-order valence-electron chi connectivity index (χ3n) is 3.37. The van der Waals surface area contributed by atoms with Crippen LogP contribution in [0.5, 0.6) is 5.75 Å². The Morgan fingerprint density at radius 3 is 2.64 bits per heavy atom. The zero-order chi connectivity index (χ0) is 15.7. The molecular weight excluding hydrogens is 281 g/mol. The Morgan fingerprint density at radius 1 is 1.18 bits per heavy atom. The van der Waals surface area contributed by atoms with Crippen LogP contribution >= 0.6 is 0 Å². The lowest BCUT2D eigenvalue weighted by Gasteiger charge is -2.36. The highest BCUT2D eigenvalue weighted by Gasteiger charge is 2.29. The Kier molecular flexibility index (Phi) is 3.45. The molecule has 0 atom stereocenters. The zero-order valence-electron chi connectivity index (χ0n) is 12.4. The minimum absolute atomic E-state index is 0.143. The van der Waals surface area contributed by atoms with E-state index < -0.39 is 5.72 Å². The number of fused-ring (bicyclic) bond motifs is 1. The van der Waals surface area contributed by atoms with E-state index in [1.807, 2.05) is 19.9 Å². The molecule has 2 aromatic carbocycles. The number of ether oxygens (including phenoxy) is 1. The summed E-state index contributed by atoms with van der Waals surface area (Å²) in [5.74, 6) is 0.0372. The summed E-state index contributed by atoms with van der Waals surface area (Å²) in [6.45, 7) is 3.69.